The summed E-state index contributed by atoms with van der Waals surface area (Å²) in [6.45, 7) is 1.03. The van der Waals surface area contributed by atoms with E-state index in [9.17, 15) is 0 Å². The van der Waals surface area contributed by atoms with Crippen molar-refractivity contribution in [2.45, 2.75) is 12.5 Å². The fourth-order valence-electron chi connectivity index (χ4n) is 1.89. The van der Waals surface area contributed by atoms with Gasteiger partial charge in [-0.15, -0.1) is 5.10 Å². The highest BCUT2D eigenvalue weighted by molar-refractivity contribution is 5.19. The molecule has 0 N–H and O–H groups in total. The summed E-state index contributed by atoms with van der Waals surface area (Å²) in [6, 6.07) is 10.7. The zero-order valence-electron chi connectivity index (χ0n) is 10.3. The third-order valence-electron chi connectivity index (χ3n) is 2.79. The average Bonchev–Trinajstić information content (AvgIpc) is 2.84. The molecule has 4 nitrogen and oxygen atoms in total. The van der Waals surface area contributed by atoms with Crippen LogP contribution in [0.5, 0.6) is 0 Å². The van der Waals surface area contributed by atoms with Gasteiger partial charge in [0.25, 0.3) is 0 Å². The van der Waals surface area contributed by atoms with Crippen molar-refractivity contribution in [1.82, 2.24) is 19.9 Å². The molecule has 0 saturated heterocycles. The van der Waals surface area contributed by atoms with Crippen LogP contribution in [0, 0.1) is 0 Å². The highest BCUT2D eigenvalue weighted by Gasteiger charge is 2.14. The van der Waals surface area contributed by atoms with E-state index in [2.05, 4.69) is 53.6 Å². The maximum absolute atomic E-state index is 4.12. The summed E-state index contributed by atoms with van der Waals surface area (Å²) in [7, 11) is 4.17. The molecule has 0 radical (unpaired) electrons. The minimum atomic E-state index is 0.265. The van der Waals surface area contributed by atoms with Crippen molar-refractivity contribution in [1.29, 1.82) is 0 Å². The Hall–Kier alpha value is -1.68. The Balaban J connectivity index is 2.19. The molecule has 1 aromatic heterocycles. The van der Waals surface area contributed by atoms with Crippen LogP contribution < -0.4 is 0 Å². The van der Waals surface area contributed by atoms with E-state index in [0.717, 1.165) is 13.0 Å². The Kier molecular flexibility index (Phi) is 3.88. The Morgan fingerprint density at radius 1 is 1.24 bits per heavy atom. The lowest BCUT2D eigenvalue weighted by molar-refractivity contribution is 0.354. The molecule has 1 heterocycles. The Labute approximate surface area is 102 Å². The molecular weight excluding hydrogens is 212 g/mol. The summed E-state index contributed by atoms with van der Waals surface area (Å²) >= 11 is 0. The lowest BCUT2D eigenvalue weighted by Gasteiger charge is -2.19. The Bertz CT molecular complexity index is 422. The molecule has 1 atom stereocenters. The highest BCUT2D eigenvalue weighted by Crippen LogP contribution is 2.20. The number of hydrogen-bond acceptors (Lipinski definition) is 3. The van der Waals surface area contributed by atoms with Crippen molar-refractivity contribution in [3.8, 4) is 0 Å². The molecule has 0 fully saturated rings. The summed E-state index contributed by atoms with van der Waals surface area (Å²) in [6.07, 6.45) is 4.68. The maximum Gasteiger partial charge on any atom is 0.0798 e. The van der Waals surface area contributed by atoms with Crippen molar-refractivity contribution in [2.24, 2.45) is 0 Å². The van der Waals surface area contributed by atoms with Gasteiger partial charge in [0.1, 0.15) is 0 Å². The van der Waals surface area contributed by atoms with Gasteiger partial charge < -0.3 is 4.90 Å². The van der Waals surface area contributed by atoms with Gasteiger partial charge in [0.05, 0.1) is 12.2 Å². The topological polar surface area (TPSA) is 34.0 Å². The van der Waals surface area contributed by atoms with Crippen LogP contribution in [-0.4, -0.2) is 40.5 Å². The molecule has 2 rings (SSSR count). The fraction of sp³-hybridized carbons (Fsp3) is 0.385. The summed E-state index contributed by atoms with van der Waals surface area (Å²) in [5, 5.41) is 8.01. The van der Waals surface area contributed by atoms with E-state index in [1.54, 1.807) is 6.20 Å². The number of hydrogen-bond donors (Lipinski definition) is 0. The molecule has 0 aliphatic rings. The van der Waals surface area contributed by atoms with Gasteiger partial charge in [-0.1, -0.05) is 35.5 Å². The quantitative estimate of drug-likeness (QED) is 0.785. The zero-order valence-corrected chi connectivity index (χ0v) is 10.3. The van der Waals surface area contributed by atoms with E-state index in [-0.39, 0.29) is 6.04 Å². The third kappa shape index (κ3) is 3.14. The van der Waals surface area contributed by atoms with Gasteiger partial charge in [0, 0.05) is 6.20 Å². The number of nitrogens with zero attached hydrogens (tertiary/aromatic N) is 4. The number of aromatic nitrogens is 3. The van der Waals surface area contributed by atoms with Gasteiger partial charge in [-0.25, -0.2) is 4.68 Å². The van der Waals surface area contributed by atoms with Crippen LogP contribution in [0.3, 0.4) is 0 Å². The SMILES string of the molecule is CN(C)CCC(c1ccccc1)n1ccnn1. The van der Waals surface area contributed by atoms with Crippen molar-refractivity contribution in [2.75, 3.05) is 20.6 Å². The standard InChI is InChI=1S/C13H18N4/c1-16(2)10-8-13(17-11-9-14-15-17)12-6-4-3-5-7-12/h3-7,9,11,13H,8,10H2,1-2H3. The molecule has 2 aromatic rings. The van der Waals surface area contributed by atoms with E-state index in [0.29, 0.717) is 0 Å². The minimum Gasteiger partial charge on any atom is -0.309 e. The molecule has 4 heteroatoms. The second-order valence-corrected chi connectivity index (χ2v) is 4.40. The molecule has 1 unspecified atom stereocenters. The van der Waals surface area contributed by atoms with Gasteiger partial charge >= 0.3 is 0 Å². The number of benzene rings is 1. The van der Waals surface area contributed by atoms with E-state index in [1.165, 1.54) is 5.56 Å². The van der Waals surface area contributed by atoms with Crippen LogP contribution in [-0.2, 0) is 0 Å². The molecule has 0 saturated carbocycles. The normalized spacial score (nSPS) is 12.9. The van der Waals surface area contributed by atoms with E-state index in [4.69, 9.17) is 0 Å². The second-order valence-electron chi connectivity index (χ2n) is 4.40. The lowest BCUT2D eigenvalue weighted by atomic mass is 10.0. The van der Waals surface area contributed by atoms with Crippen LogP contribution in [0.1, 0.15) is 18.0 Å². The summed E-state index contributed by atoms with van der Waals surface area (Å²) in [5.41, 5.74) is 1.28. The minimum absolute atomic E-state index is 0.265. The zero-order chi connectivity index (χ0) is 12.1. The van der Waals surface area contributed by atoms with Crippen molar-refractivity contribution >= 4 is 0 Å². The first-order valence-electron chi connectivity index (χ1n) is 5.83. The highest BCUT2D eigenvalue weighted by atomic mass is 15.4. The van der Waals surface area contributed by atoms with Crippen LogP contribution in [0.15, 0.2) is 42.7 Å². The van der Waals surface area contributed by atoms with Gasteiger partial charge in [-0.3, -0.25) is 0 Å². The molecule has 0 bridgehead atoms. The van der Waals surface area contributed by atoms with Crippen molar-refractivity contribution < 1.29 is 0 Å². The van der Waals surface area contributed by atoms with E-state index < -0.39 is 0 Å². The molecule has 17 heavy (non-hydrogen) atoms. The predicted molar refractivity (Wildman–Crippen MR) is 67.8 cm³/mol. The first kappa shape index (κ1) is 11.8. The van der Waals surface area contributed by atoms with Gasteiger partial charge in [-0.2, -0.15) is 0 Å². The third-order valence-corrected chi connectivity index (χ3v) is 2.79. The second kappa shape index (κ2) is 5.59. The molecule has 1 aromatic carbocycles. The fourth-order valence-corrected chi connectivity index (χ4v) is 1.89. The average molecular weight is 230 g/mol. The first-order chi connectivity index (χ1) is 8.27. The molecule has 90 valence electrons. The summed E-state index contributed by atoms with van der Waals surface area (Å²) < 4.78 is 1.93. The van der Waals surface area contributed by atoms with Crippen LogP contribution >= 0.6 is 0 Å². The summed E-state index contributed by atoms with van der Waals surface area (Å²) in [5.74, 6) is 0. The van der Waals surface area contributed by atoms with Gasteiger partial charge in [-0.05, 0) is 32.6 Å². The maximum atomic E-state index is 4.12. The van der Waals surface area contributed by atoms with Crippen molar-refractivity contribution in [3.63, 3.8) is 0 Å². The smallest absolute Gasteiger partial charge is 0.0798 e. The lowest BCUT2D eigenvalue weighted by Crippen LogP contribution is -2.20. The van der Waals surface area contributed by atoms with Gasteiger partial charge in [0.15, 0.2) is 0 Å². The van der Waals surface area contributed by atoms with E-state index >= 15 is 0 Å². The molecular formula is C13H18N4. The van der Waals surface area contributed by atoms with Crippen LogP contribution in [0.25, 0.3) is 0 Å². The van der Waals surface area contributed by atoms with Crippen LogP contribution in [0.2, 0.25) is 0 Å². The van der Waals surface area contributed by atoms with Crippen LogP contribution in [0.4, 0.5) is 0 Å². The molecule has 0 amide bonds. The summed E-state index contributed by atoms with van der Waals surface area (Å²) in [4.78, 5) is 2.19. The van der Waals surface area contributed by atoms with Gasteiger partial charge in [0.2, 0.25) is 0 Å². The largest absolute Gasteiger partial charge is 0.309 e. The van der Waals surface area contributed by atoms with E-state index in [1.807, 2.05) is 16.9 Å². The monoisotopic (exact) mass is 230 g/mol. The molecule has 0 spiro atoms. The Morgan fingerprint density at radius 3 is 2.59 bits per heavy atom. The molecule has 0 aliphatic heterocycles. The first-order valence-corrected chi connectivity index (χ1v) is 5.83. The Morgan fingerprint density at radius 2 is 2.00 bits per heavy atom. The van der Waals surface area contributed by atoms with Crippen molar-refractivity contribution in [3.05, 3.63) is 48.3 Å². The number of rotatable bonds is 5. The predicted octanol–water partition coefficient (Wildman–Crippen LogP) is 1.82. The molecule has 0 aliphatic carbocycles.